The third kappa shape index (κ3) is 2.42. The Hall–Kier alpha value is -2.20. The number of hydrogen-bond acceptors (Lipinski definition) is 1. The molecule has 0 bridgehead atoms. The molecule has 0 saturated heterocycles. The van der Waals surface area contributed by atoms with E-state index in [1.165, 1.54) is 24.3 Å². The largest absolute Gasteiger partial charge is 0.343 e. The summed E-state index contributed by atoms with van der Waals surface area (Å²) in [5.41, 5.74) is 7.91. The standard InChI is InChI=1S/C16H14F2N2/c17-14-2-1-13-3-4-20(16(13)8-14)10-12-5-11(9-19)6-15(18)7-12/h1-8H,9-10,19H2. The molecule has 3 rings (SSSR count). The van der Waals surface area contributed by atoms with E-state index in [1.807, 2.05) is 22.9 Å². The van der Waals surface area contributed by atoms with Crippen LogP contribution in [-0.4, -0.2) is 4.57 Å². The number of nitrogens with two attached hydrogens (primary N) is 1. The van der Waals surface area contributed by atoms with Crippen molar-refractivity contribution in [3.63, 3.8) is 0 Å². The van der Waals surface area contributed by atoms with Gasteiger partial charge in [0.1, 0.15) is 11.6 Å². The average molecular weight is 272 g/mol. The molecule has 3 aromatic rings. The molecule has 4 heteroatoms. The van der Waals surface area contributed by atoms with Crippen LogP contribution in [0, 0.1) is 11.6 Å². The molecule has 102 valence electrons. The van der Waals surface area contributed by atoms with Gasteiger partial charge < -0.3 is 10.3 Å². The fourth-order valence-electron chi connectivity index (χ4n) is 2.42. The SMILES string of the molecule is NCc1cc(F)cc(Cn2ccc3ccc(F)cc32)c1. The lowest BCUT2D eigenvalue weighted by Gasteiger charge is -2.08. The van der Waals surface area contributed by atoms with Crippen LogP contribution in [0.15, 0.2) is 48.7 Å². The molecule has 0 radical (unpaired) electrons. The second-order valence-electron chi connectivity index (χ2n) is 4.82. The Morgan fingerprint density at radius 2 is 1.70 bits per heavy atom. The van der Waals surface area contributed by atoms with Gasteiger partial charge in [0, 0.05) is 19.3 Å². The summed E-state index contributed by atoms with van der Waals surface area (Å²) in [7, 11) is 0. The maximum Gasteiger partial charge on any atom is 0.125 e. The van der Waals surface area contributed by atoms with E-state index in [1.54, 1.807) is 6.07 Å². The predicted octanol–water partition coefficient (Wildman–Crippen LogP) is 3.43. The van der Waals surface area contributed by atoms with Crippen molar-refractivity contribution in [1.29, 1.82) is 0 Å². The highest BCUT2D eigenvalue weighted by Gasteiger charge is 2.05. The zero-order valence-corrected chi connectivity index (χ0v) is 10.8. The Morgan fingerprint density at radius 1 is 0.900 bits per heavy atom. The van der Waals surface area contributed by atoms with Crippen LogP contribution in [0.5, 0.6) is 0 Å². The maximum atomic E-state index is 13.5. The molecule has 2 nitrogen and oxygen atoms in total. The van der Waals surface area contributed by atoms with Crippen LogP contribution in [0.2, 0.25) is 0 Å². The molecule has 1 aromatic heterocycles. The van der Waals surface area contributed by atoms with Gasteiger partial charge in [-0.25, -0.2) is 8.78 Å². The fourth-order valence-corrected chi connectivity index (χ4v) is 2.42. The Kier molecular flexibility index (Phi) is 3.24. The first-order valence-electron chi connectivity index (χ1n) is 6.38. The number of aromatic nitrogens is 1. The number of fused-ring (bicyclic) bond motifs is 1. The molecule has 0 amide bonds. The van der Waals surface area contributed by atoms with Crippen LogP contribution in [0.3, 0.4) is 0 Å². The minimum Gasteiger partial charge on any atom is -0.343 e. The van der Waals surface area contributed by atoms with Crippen molar-refractivity contribution in [3.05, 3.63) is 71.4 Å². The molecule has 0 spiro atoms. The molecule has 2 aromatic carbocycles. The molecule has 0 saturated carbocycles. The number of hydrogen-bond donors (Lipinski definition) is 1. The molecule has 20 heavy (non-hydrogen) atoms. The molecule has 0 unspecified atom stereocenters. The summed E-state index contributed by atoms with van der Waals surface area (Å²) in [5, 5.41) is 0.960. The first kappa shape index (κ1) is 12.8. The molecule has 0 atom stereocenters. The molecule has 1 heterocycles. The maximum absolute atomic E-state index is 13.5. The zero-order valence-electron chi connectivity index (χ0n) is 10.8. The lowest BCUT2D eigenvalue weighted by atomic mass is 10.1. The van der Waals surface area contributed by atoms with Gasteiger partial charge in [-0.3, -0.25) is 0 Å². The first-order valence-corrected chi connectivity index (χ1v) is 6.38. The number of rotatable bonds is 3. The van der Waals surface area contributed by atoms with Crippen molar-refractivity contribution in [2.75, 3.05) is 0 Å². The number of benzene rings is 2. The van der Waals surface area contributed by atoms with E-state index in [0.29, 0.717) is 13.1 Å². The molecular formula is C16H14F2N2. The van der Waals surface area contributed by atoms with Crippen LogP contribution in [0.4, 0.5) is 8.78 Å². The second kappa shape index (κ2) is 5.06. The van der Waals surface area contributed by atoms with Gasteiger partial charge in [-0.1, -0.05) is 6.07 Å². The highest BCUT2D eigenvalue weighted by Crippen LogP contribution is 2.19. The second-order valence-corrected chi connectivity index (χ2v) is 4.82. The van der Waals surface area contributed by atoms with Crippen molar-refractivity contribution < 1.29 is 8.78 Å². The smallest absolute Gasteiger partial charge is 0.125 e. The van der Waals surface area contributed by atoms with Gasteiger partial charge in [-0.15, -0.1) is 0 Å². The van der Waals surface area contributed by atoms with Gasteiger partial charge in [-0.2, -0.15) is 0 Å². The summed E-state index contributed by atoms with van der Waals surface area (Å²) in [5.74, 6) is -0.579. The Labute approximate surface area is 115 Å². The topological polar surface area (TPSA) is 30.9 Å². The van der Waals surface area contributed by atoms with Crippen molar-refractivity contribution in [2.24, 2.45) is 5.73 Å². The van der Waals surface area contributed by atoms with E-state index in [9.17, 15) is 8.78 Å². The van der Waals surface area contributed by atoms with Gasteiger partial charge >= 0.3 is 0 Å². The van der Waals surface area contributed by atoms with Crippen molar-refractivity contribution >= 4 is 10.9 Å². The highest BCUT2D eigenvalue weighted by atomic mass is 19.1. The van der Waals surface area contributed by atoms with Crippen LogP contribution in [0.25, 0.3) is 10.9 Å². The van der Waals surface area contributed by atoms with Crippen LogP contribution in [-0.2, 0) is 13.1 Å². The van der Waals surface area contributed by atoms with Gasteiger partial charge in [-0.05, 0) is 52.9 Å². The average Bonchev–Trinajstić information content (AvgIpc) is 2.80. The summed E-state index contributed by atoms with van der Waals surface area (Å²) in [6, 6.07) is 11.3. The van der Waals surface area contributed by atoms with Gasteiger partial charge in [0.25, 0.3) is 0 Å². The minimum absolute atomic E-state index is 0.278. The van der Waals surface area contributed by atoms with Crippen molar-refractivity contribution in [1.82, 2.24) is 4.57 Å². The first-order chi connectivity index (χ1) is 9.65. The van der Waals surface area contributed by atoms with E-state index in [0.717, 1.165) is 22.0 Å². The Bertz CT molecular complexity index is 762. The van der Waals surface area contributed by atoms with E-state index in [2.05, 4.69) is 0 Å². The van der Waals surface area contributed by atoms with E-state index in [-0.39, 0.29) is 11.6 Å². The Morgan fingerprint density at radius 3 is 2.50 bits per heavy atom. The summed E-state index contributed by atoms with van der Waals surface area (Å²) in [6.45, 7) is 0.781. The molecule has 2 N–H and O–H groups in total. The molecule has 0 aliphatic heterocycles. The van der Waals surface area contributed by atoms with Crippen molar-refractivity contribution in [3.8, 4) is 0 Å². The lowest BCUT2D eigenvalue weighted by Crippen LogP contribution is -2.02. The van der Waals surface area contributed by atoms with Crippen molar-refractivity contribution in [2.45, 2.75) is 13.1 Å². The zero-order chi connectivity index (χ0) is 14.1. The quantitative estimate of drug-likeness (QED) is 0.778. The van der Waals surface area contributed by atoms with Gasteiger partial charge in [0.2, 0.25) is 0 Å². The minimum atomic E-state index is -0.300. The predicted molar refractivity (Wildman–Crippen MR) is 75.3 cm³/mol. The number of halogens is 2. The third-order valence-corrected chi connectivity index (χ3v) is 3.34. The number of nitrogens with zero attached hydrogens (tertiary/aromatic N) is 1. The van der Waals surface area contributed by atoms with E-state index < -0.39 is 0 Å². The lowest BCUT2D eigenvalue weighted by molar-refractivity contribution is 0.620. The molecule has 0 aliphatic carbocycles. The molecule has 0 aliphatic rings. The third-order valence-electron chi connectivity index (χ3n) is 3.34. The summed E-state index contributed by atoms with van der Waals surface area (Å²) < 4.78 is 28.7. The normalized spacial score (nSPS) is 11.2. The summed E-state index contributed by atoms with van der Waals surface area (Å²) >= 11 is 0. The molecular weight excluding hydrogens is 258 g/mol. The van der Waals surface area contributed by atoms with E-state index >= 15 is 0 Å². The Balaban J connectivity index is 2.00. The van der Waals surface area contributed by atoms with E-state index in [4.69, 9.17) is 5.73 Å². The summed E-state index contributed by atoms with van der Waals surface area (Å²) in [6.07, 6.45) is 1.87. The highest BCUT2D eigenvalue weighted by molar-refractivity contribution is 5.80. The van der Waals surface area contributed by atoms with Crippen LogP contribution in [0.1, 0.15) is 11.1 Å². The van der Waals surface area contributed by atoms with Gasteiger partial charge in [0.05, 0.1) is 5.52 Å². The monoisotopic (exact) mass is 272 g/mol. The summed E-state index contributed by atoms with van der Waals surface area (Å²) in [4.78, 5) is 0. The fraction of sp³-hybridized carbons (Fsp3) is 0.125. The van der Waals surface area contributed by atoms with Crippen LogP contribution >= 0.6 is 0 Å². The van der Waals surface area contributed by atoms with Crippen LogP contribution < -0.4 is 5.73 Å². The van der Waals surface area contributed by atoms with Gasteiger partial charge in [0.15, 0.2) is 0 Å². The molecule has 0 fully saturated rings.